The minimum Gasteiger partial charge on any atom is -0.338 e. The second-order valence-corrected chi connectivity index (χ2v) is 5.75. The lowest BCUT2D eigenvalue weighted by atomic mass is 10.5. The topological polar surface area (TPSA) is 118 Å². The molecule has 2 rings (SSSR count). The van der Waals surface area contributed by atoms with Crippen LogP contribution in [0, 0.1) is 6.92 Å². The summed E-state index contributed by atoms with van der Waals surface area (Å²) in [6.07, 6.45) is 1.05. The van der Waals surface area contributed by atoms with Gasteiger partial charge >= 0.3 is 0 Å². The predicted octanol–water partition coefficient (Wildman–Crippen LogP) is 0.198. The van der Waals surface area contributed by atoms with Crippen molar-refractivity contribution in [3.63, 3.8) is 0 Å². The summed E-state index contributed by atoms with van der Waals surface area (Å²) < 4.78 is 30.8. The van der Waals surface area contributed by atoms with Crippen LogP contribution in [0.15, 0.2) is 26.5 Å². The summed E-state index contributed by atoms with van der Waals surface area (Å²) in [4.78, 5) is 17.0. The van der Waals surface area contributed by atoms with E-state index in [4.69, 9.17) is 16.1 Å². The molecule has 2 heterocycles. The quantitative estimate of drug-likeness (QED) is 0.833. The number of nitrogens with one attached hydrogen (secondary N) is 2. The SMILES string of the molecule is Cc1noc(CNS(=O)(=O)c2c[nH]c(=O)c(Cl)c2)n1. The van der Waals surface area contributed by atoms with Gasteiger partial charge in [0.2, 0.25) is 15.9 Å². The van der Waals surface area contributed by atoms with Crippen molar-refractivity contribution in [2.75, 3.05) is 0 Å². The number of hydrogen-bond donors (Lipinski definition) is 2. The summed E-state index contributed by atoms with van der Waals surface area (Å²) in [6, 6.07) is 1.06. The van der Waals surface area contributed by atoms with Crippen LogP contribution >= 0.6 is 11.6 Å². The molecule has 2 N–H and O–H groups in total. The lowest BCUT2D eigenvalue weighted by molar-refractivity contribution is 0.372. The van der Waals surface area contributed by atoms with Gasteiger partial charge in [0.15, 0.2) is 5.82 Å². The minimum absolute atomic E-state index is 0.136. The van der Waals surface area contributed by atoms with E-state index in [0.29, 0.717) is 5.82 Å². The van der Waals surface area contributed by atoms with Gasteiger partial charge in [-0.1, -0.05) is 16.8 Å². The second kappa shape index (κ2) is 5.11. The zero-order valence-corrected chi connectivity index (χ0v) is 11.2. The number of aryl methyl sites for hydroxylation is 1. The highest BCUT2D eigenvalue weighted by Gasteiger charge is 2.16. The Morgan fingerprint density at radius 1 is 1.53 bits per heavy atom. The molecular weight excluding hydrogens is 296 g/mol. The molecule has 0 saturated heterocycles. The molecule has 0 amide bonds. The van der Waals surface area contributed by atoms with Crippen molar-refractivity contribution in [2.45, 2.75) is 18.4 Å². The molecule has 0 atom stereocenters. The van der Waals surface area contributed by atoms with Gasteiger partial charge < -0.3 is 9.51 Å². The molecule has 0 aliphatic heterocycles. The van der Waals surface area contributed by atoms with Crippen LogP contribution in [-0.2, 0) is 16.6 Å². The van der Waals surface area contributed by atoms with E-state index in [1.807, 2.05) is 0 Å². The van der Waals surface area contributed by atoms with E-state index < -0.39 is 15.6 Å². The Bertz CT molecular complexity index is 752. The fraction of sp³-hybridized carbons (Fsp3) is 0.222. The highest BCUT2D eigenvalue weighted by atomic mass is 35.5. The molecule has 0 radical (unpaired) electrons. The Kier molecular flexibility index (Phi) is 3.69. The Morgan fingerprint density at radius 3 is 2.84 bits per heavy atom. The molecule has 19 heavy (non-hydrogen) atoms. The number of halogens is 1. The highest BCUT2D eigenvalue weighted by molar-refractivity contribution is 7.89. The van der Waals surface area contributed by atoms with Gasteiger partial charge in [-0.15, -0.1) is 0 Å². The number of aromatic nitrogens is 3. The predicted molar refractivity (Wildman–Crippen MR) is 65.1 cm³/mol. The summed E-state index contributed by atoms with van der Waals surface area (Å²) >= 11 is 5.56. The number of H-pyrrole nitrogens is 1. The molecule has 0 saturated carbocycles. The van der Waals surface area contributed by atoms with Crippen LogP contribution in [-0.4, -0.2) is 23.5 Å². The third-order valence-electron chi connectivity index (χ3n) is 2.12. The van der Waals surface area contributed by atoms with Crippen LogP contribution in [0.3, 0.4) is 0 Å². The smallest absolute Gasteiger partial charge is 0.266 e. The molecule has 2 aromatic rings. The first-order valence-electron chi connectivity index (χ1n) is 5.05. The average molecular weight is 305 g/mol. The number of nitrogens with zero attached hydrogens (tertiary/aromatic N) is 2. The molecule has 2 aromatic heterocycles. The van der Waals surface area contributed by atoms with Gasteiger partial charge in [0.05, 0.1) is 11.4 Å². The second-order valence-electron chi connectivity index (χ2n) is 3.57. The van der Waals surface area contributed by atoms with Crippen LogP contribution in [0.25, 0.3) is 0 Å². The van der Waals surface area contributed by atoms with Gasteiger partial charge in [-0.25, -0.2) is 13.1 Å². The van der Waals surface area contributed by atoms with E-state index in [2.05, 4.69) is 19.8 Å². The number of aromatic amines is 1. The number of hydrogen-bond acceptors (Lipinski definition) is 6. The van der Waals surface area contributed by atoms with E-state index in [1.54, 1.807) is 6.92 Å². The van der Waals surface area contributed by atoms with Gasteiger partial charge in [-0.3, -0.25) is 4.79 Å². The Balaban J connectivity index is 2.18. The zero-order chi connectivity index (χ0) is 14.0. The van der Waals surface area contributed by atoms with E-state index in [9.17, 15) is 13.2 Å². The third-order valence-corrected chi connectivity index (χ3v) is 3.79. The summed E-state index contributed by atoms with van der Waals surface area (Å²) in [5, 5.41) is 3.31. The normalized spacial score (nSPS) is 11.7. The largest absolute Gasteiger partial charge is 0.338 e. The van der Waals surface area contributed by atoms with Gasteiger partial charge in [-0.2, -0.15) is 4.98 Å². The van der Waals surface area contributed by atoms with Crippen molar-refractivity contribution in [3.05, 3.63) is 39.4 Å². The molecular formula is C9H9ClN4O4S. The van der Waals surface area contributed by atoms with Crippen molar-refractivity contribution in [1.82, 2.24) is 19.8 Å². The monoisotopic (exact) mass is 304 g/mol. The molecule has 0 unspecified atom stereocenters. The summed E-state index contributed by atoms with van der Waals surface area (Å²) in [5.41, 5.74) is -0.562. The van der Waals surface area contributed by atoms with Crippen LogP contribution in [0.2, 0.25) is 5.02 Å². The zero-order valence-electron chi connectivity index (χ0n) is 9.68. The number of rotatable bonds is 4. The first-order valence-corrected chi connectivity index (χ1v) is 6.92. The lowest BCUT2D eigenvalue weighted by Crippen LogP contribution is -2.24. The first-order chi connectivity index (χ1) is 8.88. The van der Waals surface area contributed by atoms with E-state index in [0.717, 1.165) is 12.3 Å². The molecule has 0 aromatic carbocycles. The summed E-state index contributed by atoms with van der Waals surface area (Å²) in [7, 11) is -3.82. The Hall–Kier alpha value is -1.71. The lowest BCUT2D eigenvalue weighted by Gasteiger charge is -2.04. The fourth-order valence-corrected chi connectivity index (χ4v) is 2.45. The van der Waals surface area contributed by atoms with Crippen LogP contribution in [0.5, 0.6) is 0 Å². The van der Waals surface area contributed by atoms with Crippen molar-refractivity contribution in [1.29, 1.82) is 0 Å². The molecule has 102 valence electrons. The van der Waals surface area contributed by atoms with E-state index >= 15 is 0 Å². The standard InChI is InChI=1S/C9H9ClN4O4S/c1-5-13-8(18-14-5)4-12-19(16,17)6-2-7(10)9(15)11-3-6/h2-3,12H,4H2,1H3,(H,11,15). The number of pyridine rings is 1. The maximum absolute atomic E-state index is 11.9. The van der Waals surface area contributed by atoms with Gasteiger partial charge in [0, 0.05) is 6.20 Å². The van der Waals surface area contributed by atoms with Crippen LogP contribution in [0.1, 0.15) is 11.7 Å². The van der Waals surface area contributed by atoms with E-state index in [-0.39, 0.29) is 22.4 Å². The van der Waals surface area contributed by atoms with Gasteiger partial charge in [-0.05, 0) is 13.0 Å². The maximum Gasteiger partial charge on any atom is 0.266 e. The summed E-state index contributed by atoms with van der Waals surface area (Å²) in [6.45, 7) is 1.46. The maximum atomic E-state index is 11.9. The van der Waals surface area contributed by atoms with Gasteiger partial charge in [0.1, 0.15) is 5.02 Å². The summed E-state index contributed by atoms with van der Waals surface area (Å²) in [5.74, 6) is 0.540. The molecule has 0 fully saturated rings. The Morgan fingerprint density at radius 2 is 2.26 bits per heavy atom. The van der Waals surface area contributed by atoms with Crippen molar-refractivity contribution in [2.24, 2.45) is 0 Å². The molecule has 0 spiro atoms. The first kappa shape index (κ1) is 13.7. The molecule has 10 heteroatoms. The van der Waals surface area contributed by atoms with Crippen molar-refractivity contribution >= 4 is 21.6 Å². The van der Waals surface area contributed by atoms with Crippen LogP contribution < -0.4 is 10.3 Å². The fourth-order valence-electron chi connectivity index (χ4n) is 1.24. The molecule has 8 nitrogen and oxygen atoms in total. The Labute approximate surface area is 112 Å². The molecule has 0 aliphatic carbocycles. The van der Waals surface area contributed by atoms with Crippen LogP contribution in [0.4, 0.5) is 0 Å². The number of sulfonamides is 1. The molecule has 0 bridgehead atoms. The van der Waals surface area contributed by atoms with Gasteiger partial charge in [0.25, 0.3) is 5.56 Å². The minimum atomic E-state index is -3.82. The third kappa shape index (κ3) is 3.19. The van der Waals surface area contributed by atoms with Crippen molar-refractivity contribution < 1.29 is 12.9 Å². The van der Waals surface area contributed by atoms with Crippen molar-refractivity contribution in [3.8, 4) is 0 Å². The average Bonchev–Trinajstić information content (AvgIpc) is 2.76. The highest BCUT2D eigenvalue weighted by Crippen LogP contribution is 2.10. The molecule has 0 aliphatic rings. The van der Waals surface area contributed by atoms with E-state index in [1.165, 1.54) is 0 Å².